The van der Waals surface area contributed by atoms with Gasteiger partial charge in [-0.3, -0.25) is 4.79 Å². The maximum absolute atomic E-state index is 12.3. The second kappa shape index (κ2) is 6.95. The molecule has 0 aliphatic heterocycles. The lowest BCUT2D eigenvalue weighted by Crippen LogP contribution is -2.47. The van der Waals surface area contributed by atoms with Gasteiger partial charge < -0.3 is 15.3 Å². The lowest BCUT2D eigenvalue weighted by molar-refractivity contribution is -0.137. The third kappa shape index (κ3) is 5.02. The smallest absolute Gasteiger partial charge is 0.323 e. The van der Waals surface area contributed by atoms with E-state index < -0.39 is 5.97 Å². The van der Waals surface area contributed by atoms with Crippen molar-refractivity contribution < 1.29 is 14.7 Å². The normalized spacial score (nSPS) is 26.6. The van der Waals surface area contributed by atoms with Crippen molar-refractivity contribution in [1.29, 1.82) is 0 Å². The van der Waals surface area contributed by atoms with Gasteiger partial charge >= 0.3 is 12.0 Å². The molecule has 0 saturated heterocycles. The van der Waals surface area contributed by atoms with Crippen LogP contribution in [0, 0.1) is 11.8 Å². The Bertz CT molecular complexity index is 355. The van der Waals surface area contributed by atoms with Crippen LogP contribution in [0.15, 0.2) is 0 Å². The van der Waals surface area contributed by atoms with Crippen molar-refractivity contribution in [3.8, 4) is 0 Å². The summed E-state index contributed by atoms with van der Waals surface area (Å²) in [7, 11) is 0. The Labute approximate surface area is 120 Å². The molecule has 2 N–H and O–H groups in total. The van der Waals surface area contributed by atoms with Crippen molar-refractivity contribution >= 4 is 12.0 Å². The van der Waals surface area contributed by atoms with Crippen molar-refractivity contribution in [2.24, 2.45) is 11.8 Å². The number of hydrogen-bond acceptors (Lipinski definition) is 2. The number of nitrogens with zero attached hydrogens (tertiary/aromatic N) is 1. The molecular formula is C15H26N2O3. The van der Waals surface area contributed by atoms with Crippen LogP contribution in [0.4, 0.5) is 4.79 Å². The summed E-state index contributed by atoms with van der Waals surface area (Å²) < 4.78 is 0. The molecule has 0 radical (unpaired) electrons. The molecule has 20 heavy (non-hydrogen) atoms. The Morgan fingerprint density at radius 3 is 2.55 bits per heavy atom. The van der Waals surface area contributed by atoms with Crippen molar-refractivity contribution in [3.63, 3.8) is 0 Å². The van der Waals surface area contributed by atoms with E-state index in [1.54, 1.807) is 0 Å². The molecule has 0 spiro atoms. The summed E-state index contributed by atoms with van der Waals surface area (Å²) in [6.45, 7) is 2.65. The molecule has 2 unspecified atom stereocenters. The first-order chi connectivity index (χ1) is 9.54. The average molecular weight is 282 g/mol. The summed E-state index contributed by atoms with van der Waals surface area (Å²) in [6, 6.07) is 0.0156. The monoisotopic (exact) mass is 282 g/mol. The number of hydrogen-bond donors (Lipinski definition) is 2. The van der Waals surface area contributed by atoms with E-state index in [0.29, 0.717) is 12.5 Å². The lowest BCUT2D eigenvalue weighted by Gasteiger charge is -2.25. The minimum absolute atomic E-state index is 0.189. The Morgan fingerprint density at radius 2 is 1.90 bits per heavy atom. The Kier molecular flexibility index (Phi) is 5.26. The third-order valence-electron chi connectivity index (χ3n) is 4.37. The minimum Gasteiger partial charge on any atom is -0.480 e. The summed E-state index contributed by atoms with van der Waals surface area (Å²) in [4.78, 5) is 24.6. The van der Waals surface area contributed by atoms with E-state index in [1.165, 1.54) is 11.3 Å². The second-order valence-electron chi connectivity index (χ2n) is 6.48. The van der Waals surface area contributed by atoms with Crippen LogP contribution < -0.4 is 5.32 Å². The largest absolute Gasteiger partial charge is 0.480 e. The van der Waals surface area contributed by atoms with Gasteiger partial charge in [0.25, 0.3) is 0 Å². The highest BCUT2D eigenvalue weighted by atomic mass is 16.4. The number of amides is 2. The highest BCUT2D eigenvalue weighted by Gasteiger charge is 2.29. The molecule has 2 saturated carbocycles. The maximum atomic E-state index is 12.3. The van der Waals surface area contributed by atoms with Crippen LogP contribution in [0.3, 0.4) is 0 Å². The number of urea groups is 1. The van der Waals surface area contributed by atoms with E-state index in [1.807, 2.05) is 0 Å². The maximum Gasteiger partial charge on any atom is 0.323 e. The van der Waals surface area contributed by atoms with Gasteiger partial charge in [-0.25, -0.2) is 4.79 Å². The SMILES string of the molecule is CC1CCCC(NC(=O)N(CC(=O)O)CC2CC2)CC1. The van der Waals surface area contributed by atoms with Crippen LogP contribution in [0.2, 0.25) is 0 Å². The molecule has 0 aromatic heterocycles. The molecular weight excluding hydrogens is 256 g/mol. The Balaban J connectivity index is 1.84. The van der Waals surface area contributed by atoms with Crippen molar-refractivity contribution in [3.05, 3.63) is 0 Å². The first kappa shape index (κ1) is 15.1. The molecule has 2 aliphatic rings. The zero-order valence-corrected chi connectivity index (χ0v) is 12.3. The molecule has 5 nitrogen and oxygen atoms in total. The van der Waals surface area contributed by atoms with Gasteiger partial charge in [0.15, 0.2) is 0 Å². The molecule has 0 aromatic carbocycles. The van der Waals surface area contributed by atoms with E-state index in [-0.39, 0.29) is 18.6 Å². The number of rotatable bonds is 5. The topological polar surface area (TPSA) is 69.6 Å². The molecule has 2 atom stereocenters. The van der Waals surface area contributed by atoms with E-state index in [9.17, 15) is 9.59 Å². The third-order valence-corrected chi connectivity index (χ3v) is 4.37. The molecule has 2 fully saturated rings. The van der Waals surface area contributed by atoms with Crippen LogP contribution in [0.1, 0.15) is 51.9 Å². The number of carboxylic acid groups (broad SMARTS) is 1. The van der Waals surface area contributed by atoms with Gasteiger partial charge in [0.05, 0.1) is 0 Å². The second-order valence-corrected chi connectivity index (χ2v) is 6.48. The number of carbonyl (C=O) groups excluding carboxylic acids is 1. The summed E-state index contributed by atoms with van der Waals surface area (Å²) in [5, 5.41) is 12.0. The molecule has 5 heteroatoms. The van der Waals surface area contributed by atoms with Gasteiger partial charge in [-0.1, -0.05) is 19.8 Å². The summed E-state index contributed by atoms with van der Waals surface area (Å²) in [5.41, 5.74) is 0. The van der Waals surface area contributed by atoms with Crippen LogP contribution in [-0.2, 0) is 4.79 Å². The molecule has 2 rings (SSSR count). The molecule has 2 amide bonds. The van der Waals surface area contributed by atoms with Gasteiger partial charge in [-0.05, 0) is 43.9 Å². The number of aliphatic carboxylic acids is 1. The quantitative estimate of drug-likeness (QED) is 0.761. The zero-order valence-electron chi connectivity index (χ0n) is 12.3. The van der Waals surface area contributed by atoms with Gasteiger partial charge in [-0.15, -0.1) is 0 Å². The summed E-state index contributed by atoms with van der Waals surface area (Å²) in [6.07, 6.45) is 7.78. The molecule has 2 aliphatic carbocycles. The van der Waals surface area contributed by atoms with E-state index >= 15 is 0 Å². The first-order valence-corrected chi connectivity index (χ1v) is 7.82. The Hall–Kier alpha value is -1.26. The lowest BCUT2D eigenvalue weighted by atomic mass is 10.0. The molecule has 0 heterocycles. The van der Waals surface area contributed by atoms with Crippen LogP contribution in [0.25, 0.3) is 0 Å². The predicted octanol–water partition coefficient (Wildman–Crippen LogP) is 2.46. The average Bonchev–Trinajstić information content (AvgIpc) is 3.18. The van der Waals surface area contributed by atoms with Crippen LogP contribution in [-0.4, -0.2) is 41.1 Å². The van der Waals surface area contributed by atoms with Crippen molar-refractivity contribution in [2.45, 2.75) is 57.9 Å². The standard InChI is InChI=1S/C15H26N2O3/c1-11-3-2-4-13(8-5-11)16-15(20)17(10-14(18)19)9-12-6-7-12/h11-13H,2-10H2,1H3,(H,16,20)(H,18,19). The van der Waals surface area contributed by atoms with Gasteiger partial charge in [-0.2, -0.15) is 0 Å². The Morgan fingerprint density at radius 1 is 1.15 bits per heavy atom. The number of carboxylic acids is 1. The van der Waals surface area contributed by atoms with Crippen LogP contribution in [0.5, 0.6) is 0 Å². The summed E-state index contributed by atoms with van der Waals surface area (Å²) in [5.74, 6) is 0.308. The van der Waals surface area contributed by atoms with Gasteiger partial charge in [0, 0.05) is 12.6 Å². The number of nitrogens with one attached hydrogen (secondary N) is 1. The van der Waals surface area contributed by atoms with Crippen molar-refractivity contribution in [2.75, 3.05) is 13.1 Å². The van der Waals surface area contributed by atoms with Crippen LogP contribution >= 0.6 is 0 Å². The van der Waals surface area contributed by atoms with E-state index in [2.05, 4.69) is 12.2 Å². The zero-order chi connectivity index (χ0) is 14.5. The first-order valence-electron chi connectivity index (χ1n) is 7.82. The van der Waals surface area contributed by atoms with Gasteiger partial charge in [0.2, 0.25) is 0 Å². The highest BCUT2D eigenvalue weighted by Crippen LogP contribution is 2.30. The molecule has 0 aromatic rings. The molecule has 0 bridgehead atoms. The highest BCUT2D eigenvalue weighted by molar-refractivity contribution is 5.80. The van der Waals surface area contributed by atoms with Crippen molar-refractivity contribution in [1.82, 2.24) is 10.2 Å². The fourth-order valence-corrected chi connectivity index (χ4v) is 2.89. The fraction of sp³-hybridized carbons (Fsp3) is 0.867. The minimum atomic E-state index is -0.935. The number of carbonyl (C=O) groups is 2. The molecule has 114 valence electrons. The van der Waals surface area contributed by atoms with Gasteiger partial charge in [0.1, 0.15) is 6.54 Å². The van der Waals surface area contributed by atoms with E-state index in [0.717, 1.165) is 44.4 Å². The summed E-state index contributed by atoms with van der Waals surface area (Å²) >= 11 is 0. The predicted molar refractivity (Wildman–Crippen MR) is 76.5 cm³/mol. The van der Waals surface area contributed by atoms with E-state index in [4.69, 9.17) is 5.11 Å². The fourth-order valence-electron chi connectivity index (χ4n) is 2.89.